The Balaban J connectivity index is 1.97. The number of hydrogen-bond acceptors (Lipinski definition) is 3. The predicted molar refractivity (Wildman–Crippen MR) is 56.3 cm³/mol. The van der Waals surface area contributed by atoms with Crippen molar-refractivity contribution in [3.63, 3.8) is 0 Å². The lowest BCUT2D eigenvalue weighted by Crippen LogP contribution is -2.44. The van der Waals surface area contributed by atoms with Gasteiger partial charge in [0.1, 0.15) is 5.69 Å². The summed E-state index contributed by atoms with van der Waals surface area (Å²) in [6, 6.07) is 1.91. The maximum absolute atomic E-state index is 11.7. The predicted octanol–water partition coefficient (Wildman–Crippen LogP) is 0.0297. The van der Waals surface area contributed by atoms with Crippen LogP contribution in [-0.2, 0) is 7.05 Å². The molecule has 0 bridgehead atoms. The van der Waals surface area contributed by atoms with Crippen LogP contribution in [0.3, 0.4) is 0 Å². The van der Waals surface area contributed by atoms with Crippen LogP contribution in [0.25, 0.3) is 0 Å². The fraction of sp³-hybridized carbons (Fsp3) is 0.600. The average molecular weight is 208 g/mol. The smallest absolute Gasteiger partial charge is 0.272 e. The van der Waals surface area contributed by atoms with Gasteiger partial charge in [0, 0.05) is 25.3 Å². The minimum Gasteiger partial charge on any atom is -0.346 e. The Morgan fingerprint density at radius 1 is 1.67 bits per heavy atom. The number of nitrogens with zero attached hydrogens (tertiary/aromatic N) is 2. The Morgan fingerprint density at radius 2 is 2.47 bits per heavy atom. The van der Waals surface area contributed by atoms with Gasteiger partial charge in [-0.1, -0.05) is 0 Å². The molecule has 2 unspecified atom stereocenters. The molecule has 1 fully saturated rings. The molecular weight excluding hydrogens is 192 g/mol. The van der Waals surface area contributed by atoms with Gasteiger partial charge >= 0.3 is 0 Å². The van der Waals surface area contributed by atoms with Crippen LogP contribution in [0.2, 0.25) is 0 Å². The first-order valence-corrected chi connectivity index (χ1v) is 5.23. The number of aromatic nitrogens is 2. The molecule has 82 valence electrons. The highest BCUT2D eigenvalue weighted by Gasteiger charge is 2.26. The fourth-order valence-electron chi connectivity index (χ4n) is 1.95. The maximum atomic E-state index is 11.7. The first-order chi connectivity index (χ1) is 7.16. The lowest BCUT2D eigenvalue weighted by Gasteiger charge is -2.16. The van der Waals surface area contributed by atoms with Crippen LogP contribution in [-0.4, -0.2) is 27.8 Å². The molecular formula is C10H16N4O. The molecule has 0 radical (unpaired) electrons. The summed E-state index contributed by atoms with van der Waals surface area (Å²) >= 11 is 0. The van der Waals surface area contributed by atoms with Crippen LogP contribution < -0.4 is 11.1 Å². The number of hydrogen-bond donors (Lipinski definition) is 2. The lowest BCUT2D eigenvalue weighted by atomic mass is 10.2. The molecule has 0 spiro atoms. The van der Waals surface area contributed by atoms with E-state index in [1.807, 2.05) is 0 Å². The Morgan fingerprint density at radius 3 is 3.00 bits per heavy atom. The Kier molecular flexibility index (Phi) is 2.73. The SMILES string of the molecule is Cn1ccc(C(=O)NC2CCCC2N)n1. The fourth-order valence-corrected chi connectivity index (χ4v) is 1.95. The van der Waals surface area contributed by atoms with Crippen molar-refractivity contribution in [2.45, 2.75) is 31.3 Å². The zero-order chi connectivity index (χ0) is 10.8. The van der Waals surface area contributed by atoms with Crippen LogP contribution in [0.1, 0.15) is 29.8 Å². The number of rotatable bonds is 2. The number of carbonyl (C=O) groups is 1. The van der Waals surface area contributed by atoms with Gasteiger partial charge in [-0.2, -0.15) is 5.10 Å². The second kappa shape index (κ2) is 4.02. The molecule has 0 aromatic carbocycles. The van der Waals surface area contributed by atoms with E-state index in [1.165, 1.54) is 0 Å². The van der Waals surface area contributed by atoms with Gasteiger partial charge < -0.3 is 11.1 Å². The first kappa shape index (κ1) is 10.2. The van der Waals surface area contributed by atoms with Crippen LogP contribution >= 0.6 is 0 Å². The minimum absolute atomic E-state index is 0.0951. The van der Waals surface area contributed by atoms with Gasteiger partial charge in [-0.05, 0) is 25.3 Å². The van der Waals surface area contributed by atoms with Crippen LogP contribution in [0.5, 0.6) is 0 Å². The second-order valence-corrected chi connectivity index (χ2v) is 4.05. The Labute approximate surface area is 88.6 Å². The van der Waals surface area contributed by atoms with Gasteiger partial charge in [0.2, 0.25) is 0 Å². The van der Waals surface area contributed by atoms with Crippen molar-refractivity contribution in [3.05, 3.63) is 18.0 Å². The summed E-state index contributed by atoms with van der Waals surface area (Å²) in [6.07, 6.45) is 4.81. The van der Waals surface area contributed by atoms with E-state index in [0.717, 1.165) is 19.3 Å². The van der Waals surface area contributed by atoms with Gasteiger partial charge in [-0.15, -0.1) is 0 Å². The number of nitrogens with two attached hydrogens (primary N) is 1. The lowest BCUT2D eigenvalue weighted by molar-refractivity contribution is 0.0929. The third-order valence-electron chi connectivity index (χ3n) is 2.83. The minimum atomic E-state index is -0.127. The van der Waals surface area contributed by atoms with Gasteiger partial charge in [-0.3, -0.25) is 9.48 Å². The molecule has 15 heavy (non-hydrogen) atoms. The van der Waals surface area contributed by atoms with Gasteiger partial charge in [-0.25, -0.2) is 0 Å². The third kappa shape index (κ3) is 2.18. The van der Waals surface area contributed by atoms with E-state index in [4.69, 9.17) is 5.73 Å². The third-order valence-corrected chi connectivity index (χ3v) is 2.83. The molecule has 5 nitrogen and oxygen atoms in total. The van der Waals surface area contributed by atoms with Crippen molar-refractivity contribution >= 4 is 5.91 Å². The maximum Gasteiger partial charge on any atom is 0.272 e. The largest absolute Gasteiger partial charge is 0.346 e. The van der Waals surface area contributed by atoms with Crippen molar-refractivity contribution in [1.29, 1.82) is 0 Å². The molecule has 3 N–H and O–H groups in total. The van der Waals surface area contributed by atoms with E-state index in [-0.39, 0.29) is 18.0 Å². The first-order valence-electron chi connectivity index (χ1n) is 5.23. The zero-order valence-corrected chi connectivity index (χ0v) is 8.81. The number of aryl methyl sites for hydroxylation is 1. The standard InChI is InChI=1S/C10H16N4O/c1-14-6-5-9(13-14)10(15)12-8-4-2-3-7(8)11/h5-8H,2-4,11H2,1H3,(H,12,15). The van der Waals surface area contributed by atoms with Gasteiger partial charge in [0.25, 0.3) is 5.91 Å². The summed E-state index contributed by atoms with van der Waals surface area (Å²) in [4.78, 5) is 11.7. The van der Waals surface area contributed by atoms with Crippen LogP contribution in [0.15, 0.2) is 12.3 Å². The summed E-state index contributed by atoms with van der Waals surface area (Å²) in [7, 11) is 1.79. The number of nitrogens with one attached hydrogen (secondary N) is 1. The van der Waals surface area contributed by atoms with E-state index in [1.54, 1.807) is 24.0 Å². The summed E-state index contributed by atoms with van der Waals surface area (Å²) in [6.45, 7) is 0. The molecule has 5 heteroatoms. The second-order valence-electron chi connectivity index (χ2n) is 4.05. The normalized spacial score (nSPS) is 25.5. The summed E-state index contributed by atoms with van der Waals surface area (Å²) in [5, 5.41) is 6.96. The molecule has 1 aromatic heterocycles. The molecule has 2 atom stereocenters. The van der Waals surface area contributed by atoms with Crippen molar-refractivity contribution in [1.82, 2.24) is 15.1 Å². The summed E-state index contributed by atoms with van der Waals surface area (Å²) < 4.78 is 1.61. The molecule has 2 rings (SSSR count). The van der Waals surface area contributed by atoms with Crippen LogP contribution in [0, 0.1) is 0 Å². The monoisotopic (exact) mass is 208 g/mol. The molecule has 1 amide bonds. The van der Waals surface area contributed by atoms with E-state index >= 15 is 0 Å². The summed E-state index contributed by atoms with van der Waals surface area (Å²) in [5.74, 6) is -0.127. The van der Waals surface area contributed by atoms with E-state index in [2.05, 4.69) is 10.4 Å². The zero-order valence-electron chi connectivity index (χ0n) is 8.81. The van der Waals surface area contributed by atoms with Crippen molar-refractivity contribution in [2.75, 3.05) is 0 Å². The molecule has 1 heterocycles. The molecule has 0 saturated heterocycles. The molecule has 1 aliphatic carbocycles. The van der Waals surface area contributed by atoms with Crippen LogP contribution in [0.4, 0.5) is 0 Å². The van der Waals surface area contributed by atoms with Gasteiger partial charge in [0.05, 0.1) is 0 Å². The highest BCUT2D eigenvalue weighted by Crippen LogP contribution is 2.17. The number of carbonyl (C=O) groups excluding carboxylic acids is 1. The van der Waals surface area contributed by atoms with Crippen molar-refractivity contribution in [2.24, 2.45) is 12.8 Å². The highest BCUT2D eigenvalue weighted by atomic mass is 16.2. The molecule has 1 aromatic rings. The Bertz CT molecular complexity index is 360. The average Bonchev–Trinajstić information content (AvgIpc) is 2.77. The van der Waals surface area contributed by atoms with Crippen molar-refractivity contribution in [3.8, 4) is 0 Å². The topological polar surface area (TPSA) is 72.9 Å². The molecule has 1 saturated carbocycles. The van der Waals surface area contributed by atoms with E-state index in [9.17, 15) is 4.79 Å². The Hall–Kier alpha value is -1.36. The highest BCUT2D eigenvalue weighted by molar-refractivity contribution is 5.92. The van der Waals surface area contributed by atoms with E-state index in [0.29, 0.717) is 5.69 Å². The van der Waals surface area contributed by atoms with Crippen molar-refractivity contribution < 1.29 is 4.79 Å². The van der Waals surface area contributed by atoms with Gasteiger partial charge in [0.15, 0.2) is 0 Å². The number of amides is 1. The molecule has 1 aliphatic rings. The quantitative estimate of drug-likeness (QED) is 0.720. The molecule has 0 aliphatic heterocycles. The summed E-state index contributed by atoms with van der Waals surface area (Å²) in [5.41, 5.74) is 6.33. The van der Waals surface area contributed by atoms with E-state index < -0.39 is 0 Å².